The third-order valence-corrected chi connectivity index (χ3v) is 4.48. The summed E-state index contributed by atoms with van der Waals surface area (Å²) in [5.74, 6) is 1.15. The second-order valence-corrected chi connectivity index (χ2v) is 6.11. The Kier molecular flexibility index (Phi) is 3.69. The molecule has 0 saturated heterocycles. The van der Waals surface area contributed by atoms with E-state index < -0.39 is 0 Å². The molecule has 1 aromatic carbocycles. The lowest BCUT2D eigenvalue weighted by atomic mass is 9.96. The van der Waals surface area contributed by atoms with Crippen molar-refractivity contribution in [3.05, 3.63) is 48.5 Å². The lowest BCUT2D eigenvalue weighted by molar-refractivity contribution is 0.461. The van der Waals surface area contributed by atoms with Gasteiger partial charge < -0.3 is 9.88 Å². The number of hydrogen-bond acceptors (Lipinski definition) is 3. The summed E-state index contributed by atoms with van der Waals surface area (Å²) < 4.78 is 15.4. The van der Waals surface area contributed by atoms with Crippen molar-refractivity contribution in [2.45, 2.75) is 38.1 Å². The summed E-state index contributed by atoms with van der Waals surface area (Å²) in [5.41, 5.74) is 0.812. The quantitative estimate of drug-likeness (QED) is 0.784. The van der Waals surface area contributed by atoms with Crippen LogP contribution < -0.4 is 5.32 Å². The van der Waals surface area contributed by atoms with Crippen molar-refractivity contribution in [2.75, 3.05) is 5.32 Å². The lowest BCUT2D eigenvalue weighted by Gasteiger charge is -2.22. The topological polar surface area (TPSA) is 42.7 Å². The third kappa shape index (κ3) is 2.91. The van der Waals surface area contributed by atoms with E-state index in [1.165, 1.54) is 44.2 Å². The van der Waals surface area contributed by atoms with Crippen molar-refractivity contribution in [3.8, 4) is 5.82 Å². The molecule has 4 rings (SSSR count). The minimum absolute atomic E-state index is 0.243. The maximum absolute atomic E-state index is 13.5. The van der Waals surface area contributed by atoms with E-state index in [1.807, 2.05) is 22.9 Å². The first kappa shape index (κ1) is 14.2. The van der Waals surface area contributed by atoms with Crippen LogP contribution in [0.1, 0.15) is 32.1 Å². The maximum Gasteiger partial charge on any atom is 0.224 e. The second kappa shape index (κ2) is 5.99. The van der Waals surface area contributed by atoms with Gasteiger partial charge in [0.1, 0.15) is 11.6 Å². The molecule has 1 aliphatic carbocycles. The average molecular weight is 310 g/mol. The van der Waals surface area contributed by atoms with Gasteiger partial charge in [-0.25, -0.2) is 9.37 Å². The smallest absolute Gasteiger partial charge is 0.224 e. The first-order valence-electron chi connectivity index (χ1n) is 8.16. The minimum Gasteiger partial charge on any atom is -0.351 e. The van der Waals surface area contributed by atoms with Gasteiger partial charge in [-0.1, -0.05) is 19.3 Å². The van der Waals surface area contributed by atoms with Gasteiger partial charge in [-0.3, -0.25) is 0 Å². The Hall–Kier alpha value is -2.43. The van der Waals surface area contributed by atoms with Gasteiger partial charge in [-0.15, -0.1) is 0 Å². The van der Waals surface area contributed by atoms with Crippen molar-refractivity contribution >= 4 is 16.9 Å². The zero-order valence-corrected chi connectivity index (χ0v) is 12.9. The Labute approximate surface area is 134 Å². The molecule has 1 fully saturated rings. The summed E-state index contributed by atoms with van der Waals surface area (Å²) in [7, 11) is 0. The first-order chi connectivity index (χ1) is 11.3. The molecule has 118 valence electrons. The van der Waals surface area contributed by atoms with Crippen LogP contribution in [0, 0.1) is 5.82 Å². The Morgan fingerprint density at radius 2 is 1.96 bits per heavy atom. The SMILES string of the molecule is Fc1ccc2ccn(-c3ccnc(NC4CCCCC4)n3)c2c1. The zero-order valence-electron chi connectivity index (χ0n) is 12.9. The number of benzene rings is 1. The molecule has 0 atom stereocenters. The number of nitrogens with zero attached hydrogens (tertiary/aromatic N) is 3. The zero-order chi connectivity index (χ0) is 15.6. The standard InChI is InChI=1S/C18H19FN4/c19-14-7-6-13-9-11-23(16(13)12-14)17-8-10-20-18(22-17)21-15-4-2-1-3-5-15/h6-12,15H,1-5H2,(H,20,21,22). The van der Waals surface area contributed by atoms with E-state index in [2.05, 4.69) is 15.3 Å². The third-order valence-electron chi connectivity index (χ3n) is 4.48. The maximum atomic E-state index is 13.5. The number of rotatable bonds is 3. The monoisotopic (exact) mass is 310 g/mol. The molecule has 2 heterocycles. The summed E-state index contributed by atoms with van der Waals surface area (Å²) >= 11 is 0. The van der Waals surface area contributed by atoms with Gasteiger partial charge in [0, 0.05) is 23.8 Å². The van der Waals surface area contributed by atoms with Gasteiger partial charge in [0.2, 0.25) is 5.95 Å². The number of fused-ring (bicyclic) bond motifs is 1. The number of halogens is 1. The van der Waals surface area contributed by atoms with Crippen molar-refractivity contribution in [3.63, 3.8) is 0 Å². The van der Waals surface area contributed by atoms with Gasteiger partial charge in [0.25, 0.3) is 0 Å². The number of nitrogens with one attached hydrogen (secondary N) is 1. The van der Waals surface area contributed by atoms with E-state index in [4.69, 9.17) is 0 Å². The largest absolute Gasteiger partial charge is 0.351 e. The Morgan fingerprint density at radius 1 is 1.09 bits per heavy atom. The Balaban J connectivity index is 1.65. The highest BCUT2D eigenvalue weighted by Gasteiger charge is 2.14. The second-order valence-electron chi connectivity index (χ2n) is 6.11. The molecule has 0 unspecified atom stereocenters. The molecule has 0 radical (unpaired) electrons. The fourth-order valence-corrected chi connectivity index (χ4v) is 3.28. The summed E-state index contributed by atoms with van der Waals surface area (Å²) in [6.45, 7) is 0. The van der Waals surface area contributed by atoms with E-state index >= 15 is 0 Å². The molecule has 23 heavy (non-hydrogen) atoms. The molecule has 0 aliphatic heterocycles. The van der Waals surface area contributed by atoms with Crippen LogP contribution in [0.15, 0.2) is 42.7 Å². The van der Waals surface area contributed by atoms with E-state index in [0.29, 0.717) is 12.0 Å². The predicted molar refractivity (Wildman–Crippen MR) is 89.3 cm³/mol. The molecule has 5 heteroatoms. The highest BCUT2D eigenvalue weighted by atomic mass is 19.1. The summed E-state index contributed by atoms with van der Waals surface area (Å²) in [6.07, 6.45) is 9.85. The van der Waals surface area contributed by atoms with E-state index in [9.17, 15) is 4.39 Å². The molecule has 1 aliphatic rings. The molecule has 3 aromatic rings. The van der Waals surface area contributed by atoms with E-state index in [-0.39, 0.29) is 5.82 Å². The van der Waals surface area contributed by atoms with Gasteiger partial charge >= 0.3 is 0 Å². The number of anilines is 1. The van der Waals surface area contributed by atoms with Crippen LogP contribution >= 0.6 is 0 Å². The van der Waals surface area contributed by atoms with Gasteiger partial charge in [0.15, 0.2) is 0 Å². The highest BCUT2D eigenvalue weighted by molar-refractivity contribution is 5.81. The summed E-state index contributed by atoms with van der Waals surface area (Å²) in [5, 5.41) is 4.43. The van der Waals surface area contributed by atoms with Crippen LogP contribution in [0.25, 0.3) is 16.7 Å². The first-order valence-corrected chi connectivity index (χ1v) is 8.16. The van der Waals surface area contributed by atoms with Gasteiger partial charge in [0.05, 0.1) is 5.52 Å². The average Bonchev–Trinajstić information content (AvgIpc) is 2.99. The molecule has 1 saturated carbocycles. The molecule has 4 nitrogen and oxygen atoms in total. The minimum atomic E-state index is -0.243. The van der Waals surface area contributed by atoms with Crippen molar-refractivity contribution < 1.29 is 4.39 Å². The normalized spacial score (nSPS) is 15.9. The lowest BCUT2D eigenvalue weighted by Crippen LogP contribution is -2.23. The molecule has 0 spiro atoms. The number of aromatic nitrogens is 3. The Morgan fingerprint density at radius 3 is 2.83 bits per heavy atom. The number of hydrogen-bond donors (Lipinski definition) is 1. The van der Waals surface area contributed by atoms with Crippen molar-refractivity contribution in [2.24, 2.45) is 0 Å². The summed E-state index contributed by atoms with van der Waals surface area (Å²) in [6, 6.07) is 9.05. The van der Waals surface area contributed by atoms with Crippen molar-refractivity contribution in [1.29, 1.82) is 0 Å². The van der Waals surface area contributed by atoms with Crippen LogP contribution in [-0.2, 0) is 0 Å². The molecule has 0 bridgehead atoms. The fourth-order valence-electron chi connectivity index (χ4n) is 3.28. The van der Waals surface area contributed by atoms with Crippen LogP contribution in [0.3, 0.4) is 0 Å². The molecule has 0 amide bonds. The van der Waals surface area contributed by atoms with E-state index in [0.717, 1.165) is 16.7 Å². The highest BCUT2D eigenvalue weighted by Crippen LogP contribution is 2.22. The van der Waals surface area contributed by atoms with Crippen LogP contribution in [0.5, 0.6) is 0 Å². The van der Waals surface area contributed by atoms with Gasteiger partial charge in [-0.2, -0.15) is 4.98 Å². The summed E-state index contributed by atoms with van der Waals surface area (Å²) in [4.78, 5) is 8.94. The molecule has 2 aromatic heterocycles. The van der Waals surface area contributed by atoms with Gasteiger partial charge in [-0.05, 0) is 43.2 Å². The molecular formula is C18H19FN4. The molecular weight excluding hydrogens is 291 g/mol. The van der Waals surface area contributed by atoms with E-state index in [1.54, 1.807) is 12.3 Å². The van der Waals surface area contributed by atoms with Crippen molar-refractivity contribution in [1.82, 2.24) is 14.5 Å². The van der Waals surface area contributed by atoms with Crippen LogP contribution in [0.2, 0.25) is 0 Å². The Bertz CT molecular complexity index is 821. The predicted octanol–water partition coefficient (Wildman–Crippen LogP) is 4.30. The molecule has 1 N–H and O–H groups in total. The fraction of sp³-hybridized carbons (Fsp3) is 0.333. The van der Waals surface area contributed by atoms with Crippen LogP contribution in [0.4, 0.5) is 10.3 Å². The van der Waals surface area contributed by atoms with Crippen LogP contribution in [-0.4, -0.2) is 20.6 Å².